The van der Waals surface area contributed by atoms with Gasteiger partial charge in [-0.1, -0.05) is 37.8 Å². The highest BCUT2D eigenvalue weighted by Gasteiger charge is 2.57. The Hall–Kier alpha value is -1.40. The minimum Gasteiger partial charge on any atom is -0.390 e. The van der Waals surface area contributed by atoms with Crippen molar-refractivity contribution in [3.63, 3.8) is 0 Å². The van der Waals surface area contributed by atoms with Crippen LogP contribution in [0.1, 0.15) is 111 Å². The lowest BCUT2D eigenvalue weighted by molar-refractivity contribution is -0.136. The molecular formula is C30H51N3O3. The second-order valence-electron chi connectivity index (χ2n) is 12.9. The molecule has 1 spiro atoms. The van der Waals surface area contributed by atoms with E-state index < -0.39 is 11.1 Å². The van der Waals surface area contributed by atoms with Crippen molar-refractivity contribution in [2.75, 3.05) is 32.7 Å². The van der Waals surface area contributed by atoms with E-state index >= 15 is 0 Å². The van der Waals surface area contributed by atoms with Gasteiger partial charge in [-0.2, -0.15) is 0 Å². The van der Waals surface area contributed by atoms with Gasteiger partial charge in [-0.3, -0.25) is 9.69 Å². The summed E-state index contributed by atoms with van der Waals surface area (Å²) < 4.78 is 0. The fraction of sp³-hybridized carbons (Fsp3) is 0.867. The molecule has 2 aliphatic heterocycles. The molecule has 0 aromatic rings. The van der Waals surface area contributed by atoms with Crippen LogP contribution in [0.15, 0.2) is 11.6 Å². The topological polar surface area (TPSA) is 64.1 Å². The first-order valence-corrected chi connectivity index (χ1v) is 15.0. The summed E-state index contributed by atoms with van der Waals surface area (Å²) in [4.78, 5) is 33.3. The van der Waals surface area contributed by atoms with Crippen LogP contribution in [-0.4, -0.2) is 75.6 Å². The van der Waals surface area contributed by atoms with Crippen LogP contribution in [0.3, 0.4) is 0 Å². The number of carbonyl (C=O) groups is 2. The largest absolute Gasteiger partial charge is 0.390 e. The third-order valence-corrected chi connectivity index (χ3v) is 9.33. The van der Waals surface area contributed by atoms with Crippen molar-refractivity contribution < 1.29 is 14.7 Å². The Morgan fingerprint density at radius 1 is 1.03 bits per heavy atom. The number of hydrogen-bond donors (Lipinski definition) is 1. The average molecular weight is 502 g/mol. The Morgan fingerprint density at radius 3 is 2.36 bits per heavy atom. The molecular weight excluding hydrogens is 450 g/mol. The van der Waals surface area contributed by atoms with Gasteiger partial charge in [0, 0.05) is 32.7 Å². The van der Waals surface area contributed by atoms with E-state index in [1.807, 2.05) is 18.7 Å². The van der Waals surface area contributed by atoms with Crippen molar-refractivity contribution in [3.8, 4) is 0 Å². The van der Waals surface area contributed by atoms with Crippen molar-refractivity contribution in [2.24, 2.45) is 11.8 Å². The predicted molar refractivity (Wildman–Crippen MR) is 145 cm³/mol. The molecule has 4 aliphatic rings. The molecule has 0 bridgehead atoms. The van der Waals surface area contributed by atoms with E-state index in [4.69, 9.17) is 0 Å². The molecule has 1 N–H and O–H groups in total. The minimum absolute atomic E-state index is 0.0181. The third kappa shape index (κ3) is 6.53. The summed E-state index contributed by atoms with van der Waals surface area (Å²) in [5.74, 6) is 1.28. The van der Waals surface area contributed by atoms with Gasteiger partial charge >= 0.3 is 6.03 Å². The van der Waals surface area contributed by atoms with Crippen molar-refractivity contribution in [1.29, 1.82) is 0 Å². The fourth-order valence-corrected chi connectivity index (χ4v) is 7.14. The van der Waals surface area contributed by atoms with E-state index in [1.54, 1.807) is 10.5 Å². The number of carbonyl (C=O) groups excluding carboxylic acids is 2. The predicted octanol–water partition coefficient (Wildman–Crippen LogP) is 5.74. The first-order valence-electron chi connectivity index (χ1n) is 15.0. The Morgan fingerprint density at radius 2 is 1.75 bits per heavy atom. The van der Waals surface area contributed by atoms with Crippen molar-refractivity contribution in [2.45, 2.75) is 122 Å². The Kier molecular flexibility index (Phi) is 9.19. The van der Waals surface area contributed by atoms with Gasteiger partial charge in [-0.05, 0) is 96.3 Å². The van der Waals surface area contributed by atoms with Crippen molar-refractivity contribution >= 4 is 11.9 Å². The molecule has 2 heterocycles. The van der Waals surface area contributed by atoms with Crippen molar-refractivity contribution in [3.05, 3.63) is 11.6 Å². The van der Waals surface area contributed by atoms with Crippen molar-refractivity contribution in [1.82, 2.24) is 14.7 Å². The van der Waals surface area contributed by atoms with E-state index in [2.05, 4.69) is 17.9 Å². The molecule has 1 unspecified atom stereocenters. The van der Waals surface area contributed by atoms with E-state index in [-0.39, 0.29) is 11.9 Å². The summed E-state index contributed by atoms with van der Waals surface area (Å²) in [5.41, 5.74) is 0.406. The van der Waals surface area contributed by atoms with Crippen LogP contribution in [0.4, 0.5) is 4.79 Å². The highest BCUT2D eigenvalue weighted by molar-refractivity contribution is 6.07. The standard InChI is InChI=1S/C30H51N3O3/c1-4-19-33-28(35)32(23-25-9-6-5-7-10-25)27(34)30(33)17-20-31(21-18-30)22-26-14-12-24(13-15-26)11-8-16-29(2,3)36/h12,25-26,36H,4-11,13-23H2,1-3H3. The number of hydrogen-bond acceptors (Lipinski definition) is 4. The molecule has 2 aliphatic carbocycles. The van der Waals surface area contributed by atoms with E-state index in [0.717, 1.165) is 77.4 Å². The second kappa shape index (κ2) is 12.0. The number of amides is 3. The molecule has 2 saturated heterocycles. The average Bonchev–Trinajstić information content (AvgIpc) is 3.03. The van der Waals surface area contributed by atoms with Gasteiger partial charge in [-0.15, -0.1) is 0 Å². The van der Waals surface area contributed by atoms with Crippen LogP contribution in [0.25, 0.3) is 0 Å². The Balaban J connectivity index is 1.29. The second-order valence-corrected chi connectivity index (χ2v) is 12.9. The molecule has 0 aromatic heterocycles. The summed E-state index contributed by atoms with van der Waals surface area (Å²) in [6.45, 7) is 10.2. The monoisotopic (exact) mass is 501 g/mol. The van der Waals surface area contributed by atoms with Gasteiger partial charge in [-0.25, -0.2) is 4.79 Å². The fourth-order valence-electron chi connectivity index (χ4n) is 7.14. The molecule has 0 radical (unpaired) electrons. The van der Waals surface area contributed by atoms with Crippen LogP contribution in [0, 0.1) is 11.8 Å². The maximum absolute atomic E-state index is 13.8. The normalized spacial score (nSPS) is 26.2. The lowest BCUT2D eigenvalue weighted by Gasteiger charge is -2.43. The third-order valence-electron chi connectivity index (χ3n) is 9.33. The van der Waals surface area contributed by atoms with Gasteiger partial charge < -0.3 is 14.9 Å². The molecule has 204 valence electrons. The van der Waals surface area contributed by atoms with Gasteiger partial charge in [0.25, 0.3) is 5.91 Å². The molecule has 4 rings (SSSR count). The number of urea groups is 1. The summed E-state index contributed by atoms with van der Waals surface area (Å²) >= 11 is 0. The molecule has 3 fully saturated rings. The lowest BCUT2D eigenvalue weighted by atomic mass is 9.83. The van der Waals surface area contributed by atoms with Crippen LogP contribution < -0.4 is 0 Å². The van der Waals surface area contributed by atoms with E-state index in [0.29, 0.717) is 24.9 Å². The Bertz CT molecular complexity index is 788. The van der Waals surface area contributed by atoms with Crippen LogP contribution in [0.2, 0.25) is 0 Å². The number of imide groups is 1. The SMILES string of the molecule is CCCN1C(=O)N(CC2CCCCC2)C(=O)C12CCN(CC1CC=C(CCCC(C)(C)O)CC1)CC2. The summed E-state index contributed by atoms with van der Waals surface area (Å²) in [6, 6.07) is -0.0181. The van der Waals surface area contributed by atoms with E-state index in [1.165, 1.54) is 32.1 Å². The van der Waals surface area contributed by atoms with Crippen LogP contribution in [0.5, 0.6) is 0 Å². The maximum atomic E-state index is 13.8. The number of allylic oxidation sites excluding steroid dienone is 2. The van der Waals surface area contributed by atoms with Crippen LogP contribution >= 0.6 is 0 Å². The summed E-state index contributed by atoms with van der Waals surface area (Å²) in [7, 11) is 0. The highest BCUT2D eigenvalue weighted by Crippen LogP contribution is 2.39. The molecule has 6 heteroatoms. The zero-order chi connectivity index (χ0) is 25.8. The first kappa shape index (κ1) is 27.6. The Labute approximate surface area is 219 Å². The van der Waals surface area contributed by atoms with Gasteiger partial charge in [0.15, 0.2) is 0 Å². The molecule has 0 aromatic carbocycles. The van der Waals surface area contributed by atoms with Gasteiger partial charge in [0.2, 0.25) is 0 Å². The number of aliphatic hydroxyl groups is 1. The number of nitrogens with zero attached hydrogens (tertiary/aromatic N) is 3. The number of piperidine rings is 1. The molecule has 1 saturated carbocycles. The molecule has 36 heavy (non-hydrogen) atoms. The zero-order valence-electron chi connectivity index (χ0n) is 23.3. The van der Waals surface area contributed by atoms with E-state index in [9.17, 15) is 14.7 Å². The smallest absolute Gasteiger partial charge is 0.327 e. The molecule has 3 amide bonds. The quantitative estimate of drug-likeness (QED) is 0.306. The summed E-state index contributed by atoms with van der Waals surface area (Å²) in [5, 5.41) is 9.94. The molecule has 6 nitrogen and oxygen atoms in total. The summed E-state index contributed by atoms with van der Waals surface area (Å²) in [6.07, 6.45) is 17.6. The lowest BCUT2D eigenvalue weighted by Crippen LogP contribution is -2.57. The van der Waals surface area contributed by atoms with Crippen LogP contribution in [-0.2, 0) is 4.79 Å². The maximum Gasteiger partial charge on any atom is 0.327 e. The minimum atomic E-state index is -0.599. The molecule has 1 atom stereocenters. The number of likely N-dealkylation sites (tertiary alicyclic amines) is 1. The first-order chi connectivity index (χ1) is 17.2. The zero-order valence-corrected chi connectivity index (χ0v) is 23.3. The van der Waals surface area contributed by atoms with Gasteiger partial charge in [0.1, 0.15) is 5.54 Å². The number of rotatable bonds is 10. The highest BCUT2D eigenvalue weighted by atomic mass is 16.3. The van der Waals surface area contributed by atoms with Gasteiger partial charge in [0.05, 0.1) is 5.60 Å².